The summed E-state index contributed by atoms with van der Waals surface area (Å²) in [6, 6.07) is -0.330. The summed E-state index contributed by atoms with van der Waals surface area (Å²) in [4.78, 5) is 13.4. The van der Waals surface area contributed by atoms with E-state index >= 15 is 0 Å². The number of aliphatic hydroxyl groups excluding tert-OH is 4. The van der Waals surface area contributed by atoms with Gasteiger partial charge in [0.1, 0.15) is 24.4 Å². The maximum Gasteiger partial charge on any atom is 0.307 e. The van der Waals surface area contributed by atoms with E-state index in [4.69, 9.17) is 14.2 Å². The van der Waals surface area contributed by atoms with Crippen LogP contribution in [0.5, 0.6) is 0 Å². The van der Waals surface area contributed by atoms with Crippen molar-refractivity contribution in [3.05, 3.63) is 24.0 Å². The van der Waals surface area contributed by atoms with E-state index in [0.29, 0.717) is 32.0 Å². The number of hydrogen-bond donors (Lipinski definition) is 5. The Hall–Kier alpha value is -1.93. The van der Waals surface area contributed by atoms with Crippen LogP contribution in [0, 0.1) is 56.7 Å². The van der Waals surface area contributed by atoms with Crippen LogP contribution >= 0.6 is 0 Å². The molecule has 7 rings (SSSR count). The third-order valence-electron chi connectivity index (χ3n) is 16.0. The number of aromatic nitrogens is 3. The van der Waals surface area contributed by atoms with Crippen molar-refractivity contribution in [1.82, 2.24) is 15.0 Å². The largest absolute Gasteiger partial charge is 0.481 e. The predicted octanol–water partition coefficient (Wildman–Crippen LogP) is 3.59. The molecular formula is C38H59N3O9. The Morgan fingerprint density at radius 3 is 2.42 bits per heavy atom. The Balaban J connectivity index is 1.29. The van der Waals surface area contributed by atoms with Crippen molar-refractivity contribution in [1.29, 1.82) is 0 Å². The number of fused-ring (bicyclic) bond motifs is 3. The molecule has 12 heteroatoms. The van der Waals surface area contributed by atoms with Gasteiger partial charge >= 0.3 is 5.97 Å². The normalized spacial score (nSPS) is 50.8. The third kappa shape index (κ3) is 4.84. The highest BCUT2D eigenvalue weighted by Crippen LogP contribution is 2.75. The quantitative estimate of drug-likeness (QED) is 0.208. The van der Waals surface area contributed by atoms with Crippen LogP contribution in [0.4, 0.5) is 0 Å². The Morgan fingerprint density at radius 1 is 1.04 bits per heavy atom. The molecule has 6 aliphatic rings. The maximum absolute atomic E-state index is 13.4. The molecule has 12 nitrogen and oxygen atoms in total. The smallest absolute Gasteiger partial charge is 0.307 e. The number of hydrogen-bond acceptors (Lipinski definition) is 10. The van der Waals surface area contributed by atoms with Crippen LogP contribution in [0.2, 0.25) is 0 Å². The first-order valence-corrected chi connectivity index (χ1v) is 18.8. The van der Waals surface area contributed by atoms with Gasteiger partial charge in [0.15, 0.2) is 6.29 Å². The SMILES string of the molecule is CC(C)[C@@H](C)[C@@]1(C)CC[C@]2(C)[C@H]3CC[C@@H]4[C@@]5(COC[C@]4(C)[C@@H](O[C@@H]4O[C@H](CO)[C@@H](O)[C@H](O)[C@H]4O)[C@H](n4ccnn4)C5)C3=CC[C@@]2(C)[C@@H]1C(=O)O. The third-order valence-corrected chi connectivity index (χ3v) is 16.0. The molecule has 280 valence electrons. The van der Waals surface area contributed by atoms with E-state index < -0.39 is 66.1 Å². The molecule has 4 aliphatic carbocycles. The minimum Gasteiger partial charge on any atom is -0.481 e. The lowest BCUT2D eigenvalue weighted by Gasteiger charge is -2.71. The molecule has 5 N–H and O–H groups in total. The molecule has 3 saturated carbocycles. The molecule has 0 spiro atoms. The van der Waals surface area contributed by atoms with E-state index in [0.717, 1.165) is 25.7 Å². The number of carbonyl (C=O) groups is 1. The highest BCUT2D eigenvalue weighted by atomic mass is 16.7. The van der Waals surface area contributed by atoms with E-state index in [1.165, 1.54) is 5.57 Å². The molecule has 2 aliphatic heterocycles. The van der Waals surface area contributed by atoms with Crippen molar-refractivity contribution in [2.45, 2.75) is 130 Å². The van der Waals surface area contributed by atoms with Crippen LogP contribution in [0.3, 0.4) is 0 Å². The van der Waals surface area contributed by atoms with Crippen molar-refractivity contribution < 1.29 is 44.5 Å². The first kappa shape index (κ1) is 36.4. The summed E-state index contributed by atoms with van der Waals surface area (Å²) in [6.07, 6.45) is 3.36. The van der Waals surface area contributed by atoms with Crippen molar-refractivity contribution in [2.24, 2.45) is 56.7 Å². The molecule has 16 atom stereocenters. The van der Waals surface area contributed by atoms with Crippen LogP contribution in [0.15, 0.2) is 24.0 Å². The summed E-state index contributed by atoms with van der Waals surface area (Å²) in [6.45, 7) is 16.1. The Morgan fingerprint density at radius 2 is 1.78 bits per heavy atom. The number of aliphatic carboxylic acids is 1. The summed E-state index contributed by atoms with van der Waals surface area (Å²) >= 11 is 0. The second-order valence-corrected chi connectivity index (χ2v) is 18.3. The first-order valence-electron chi connectivity index (χ1n) is 18.8. The number of nitrogens with zero attached hydrogens (tertiary/aromatic N) is 3. The second-order valence-electron chi connectivity index (χ2n) is 18.3. The minimum absolute atomic E-state index is 0.152. The zero-order chi connectivity index (χ0) is 36.2. The number of aliphatic hydroxyl groups is 4. The van der Waals surface area contributed by atoms with E-state index in [1.807, 2.05) is 10.9 Å². The summed E-state index contributed by atoms with van der Waals surface area (Å²) in [5.41, 5.74) is -0.506. The van der Waals surface area contributed by atoms with Crippen LogP contribution < -0.4 is 0 Å². The summed E-state index contributed by atoms with van der Waals surface area (Å²) in [5, 5.41) is 61.6. The average Bonchev–Trinajstić information content (AvgIpc) is 3.61. The van der Waals surface area contributed by atoms with Gasteiger partial charge in [-0.3, -0.25) is 4.79 Å². The lowest BCUT2D eigenvalue weighted by atomic mass is 9.34. The summed E-state index contributed by atoms with van der Waals surface area (Å²) in [7, 11) is 0. The molecule has 0 unspecified atom stereocenters. The lowest BCUT2D eigenvalue weighted by molar-refractivity contribution is -0.343. The standard InChI is InChI=1S/C38H59N3O9/c1-20(2)21(3)34(4)12-13-36(6)22-8-9-26-35(5)18-48-19-38(26,23(22)10-11-37(36,7)30(34)32(46)47)16-24(41-15-14-39-40-41)31(35)50-33-29(45)28(44)27(43)25(17-42)49-33/h10,14-15,20-22,24-31,33,42-45H,8-9,11-13,16-19H2,1-7H3,(H,46,47)/t21-,22+,24-,25-,26+,27-,28+,29-,30-,31+,33+,34-,35+,36-,37+,38+/m1/s1. The van der Waals surface area contributed by atoms with Crippen LogP contribution in [0.25, 0.3) is 0 Å². The highest BCUT2D eigenvalue weighted by Gasteiger charge is 2.72. The molecule has 0 radical (unpaired) electrons. The van der Waals surface area contributed by atoms with Gasteiger partial charge in [0.25, 0.3) is 0 Å². The van der Waals surface area contributed by atoms with Crippen LogP contribution in [-0.2, 0) is 19.0 Å². The Bertz CT molecular complexity index is 1470. The first-order chi connectivity index (χ1) is 23.5. The lowest BCUT2D eigenvalue weighted by Crippen LogP contribution is -2.70. The van der Waals surface area contributed by atoms with E-state index in [2.05, 4.69) is 64.9 Å². The maximum atomic E-state index is 13.4. The monoisotopic (exact) mass is 701 g/mol. The van der Waals surface area contributed by atoms with Gasteiger partial charge in [-0.25, -0.2) is 4.68 Å². The van der Waals surface area contributed by atoms with E-state index in [-0.39, 0.29) is 40.0 Å². The van der Waals surface area contributed by atoms with E-state index in [9.17, 15) is 30.3 Å². The molecule has 0 aromatic carbocycles. The molecule has 3 heterocycles. The van der Waals surface area contributed by atoms with Gasteiger partial charge in [-0.15, -0.1) is 5.10 Å². The van der Waals surface area contributed by atoms with Crippen molar-refractivity contribution in [3.8, 4) is 0 Å². The molecule has 0 amide bonds. The molecule has 2 saturated heterocycles. The molecule has 1 aromatic heterocycles. The number of carboxylic acids is 1. The Labute approximate surface area is 295 Å². The molecule has 50 heavy (non-hydrogen) atoms. The van der Waals surface area contributed by atoms with Crippen molar-refractivity contribution in [3.63, 3.8) is 0 Å². The van der Waals surface area contributed by atoms with Gasteiger partial charge in [-0.1, -0.05) is 65.3 Å². The summed E-state index contributed by atoms with van der Waals surface area (Å²) in [5.74, 6) is -0.160. The van der Waals surface area contributed by atoms with Gasteiger partial charge in [0.2, 0.25) is 0 Å². The number of allylic oxidation sites excluding steroid dienone is 1. The Kier molecular flexibility index (Phi) is 8.97. The predicted molar refractivity (Wildman–Crippen MR) is 181 cm³/mol. The van der Waals surface area contributed by atoms with Crippen LogP contribution in [0.1, 0.15) is 93.0 Å². The average molecular weight is 702 g/mol. The fourth-order valence-corrected chi connectivity index (χ4v) is 12.8. The molecule has 1 aromatic rings. The molecule has 5 fully saturated rings. The molecular weight excluding hydrogens is 642 g/mol. The second kappa shape index (κ2) is 12.3. The van der Waals surface area contributed by atoms with Crippen LogP contribution in [-0.4, -0.2) is 103 Å². The molecule has 2 bridgehead atoms. The fourth-order valence-electron chi connectivity index (χ4n) is 12.8. The van der Waals surface area contributed by atoms with E-state index in [1.54, 1.807) is 6.20 Å². The van der Waals surface area contributed by atoms with Crippen molar-refractivity contribution >= 4 is 5.97 Å². The topological polar surface area (TPSA) is 177 Å². The number of rotatable bonds is 7. The summed E-state index contributed by atoms with van der Waals surface area (Å²) < 4.78 is 21.0. The highest BCUT2D eigenvalue weighted by molar-refractivity contribution is 5.73. The number of carboxylic acid groups (broad SMARTS) is 1. The van der Waals surface area contributed by atoms with Gasteiger partial charge in [-0.2, -0.15) is 0 Å². The zero-order valence-corrected chi connectivity index (χ0v) is 30.7. The van der Waals surface area contributed by atoms with Gasteiger partial charge in [-0.05, 0) is 78.4 Å². The minimum atomic E-state index is -1.55. The number of ether oxygens (including phenoxy) is 3. The fraction of sp³-hybridized carbons (Fsp3) is 0.868. The van der Waals surface area contributed by atoms with Gasteiger partial charge in [0.05, 0.1) is 44.1 Å². The van der Waals surface area contributed by atoms with Gasteiger partial charge < -0.3 is 39.7 Å². The van der Waals surface area contributed by atoms with Gasteiger partial charge in [0, 0.05) is 17.0 Å². The van der Waals surface area contributed by atoms with Crippen molar-refractivity contribution in [2.75, 3.05) is 19.8 Å². The zero-order valence-electron chi connectivity index (χ0n) is 30.7.